The molecular weight excluding hydrogens is 446 g/mol. The summed E-state index contributed by atoms with van der Waals surface area (Å²) in [6.07, 6.45) is -0.717. The molecule has 0 aliphatic rings. The number of carbonyl (C=O) groups is 4. The minimum atomic E-state index is -1.46. The number of hydrogen-bond acceptors (Lipinski definition) is 7. The Kier molecular flexibility index (Phi) is 9.38. The first-order valence-corrected chi connectivity index (χ1v) is 10.4. The van der Waals surface area contributed by atoms with Crippen LogP contribution in [0.3, 0.4) is 0 Å². The van der Waals surface area contributed by atoms with Crippen LogP contribution in [0.4, 0.5) is 0 Å². The van der Waals surface area contributed by atoms with Crippen molar-refractivity contribution in [3.63, 3.8) is 0 Å². The summed E-state index contributed by atoms with van der Waals surface area (Å²) in [4.78, 5) is 47.8. The van der Waals surface area contributed by atoms with Gasteiger partial charge < -0.3 is 36.8 Å². The highest BCUT2D eigenvalue weighted by Gasteiger charge is 2.28. The van der Waals surface area contributed by atoms with E-state index >= 15 is 0 Å². The van der Waals surface area contributed by atoms with Crippen molar-refractivity contribution in [1.82, 2.24) is 10.6 Å². The summed E-state index contributed by atoms with van der Waals surface area (Å²) in [5.74, 6) is -4.05. The third kappa shape index (κ3) is 8.43. The van der Waals surface area contributed by atoms with Crippen molar-refractivity contribution in [3.8, 4) is 11.5 Å². The fourth-order valence-corrected chi connectivity index (χ4v) is 3.13. The standard InChI is InChI=1S/C23H27N3O8/c24-17(11-13-1-5-15(27)6-2-13)21(31)26-19(12-14-3-7-16(28)8-4-14)22(32)25-18(23(33)34)9-10-20(29)30/h1-8,17-19,27-28H,9-12,24H2,(H,25,32)(H,26,31)(H,29,30)(H,33,34)/t17-,18-,19-/m0/s1. The number of hydrogen-bond donors (Lipinski definition) is 7. The number of carbonyl (C=O) groups excluding carboxylic acids is 2. The van der Waals surface area contributed by atoms with Crippen molar-refractivity contribution in [1.29, 1.82) is 0 Å². The molecule has 0 aromatic heterocycles. The third-order valence-corrected chi connectivity index (χ3v) is 5.00. The number of phenols is 2. The molecule has 11 nitrogen and oxygen atoms in total. The lowest BCUT2D eigenvalue weighted by molar-refractivity contribution is -0.143. The summed E-state index contributed by atoms with van der Waals surface area (Å²) in [5, 5.41) is 41.8. The van der Waals surface area contributed by atoms with Gasteiger partial charge in [-0.05, 0) is 48.2 Å². The van der Waals surface area contributed by atoms with Crippen molar-refractivity contribution >= 4 is 23.8 Å². The van der Waals surface area contributed by atoms with E-state index in [1.54, 1.807) is 12.1 Å². The van der Waals surface area contributed by atoms with Crippen molar-refractivity contribution in [2.75, 3.05) is 0 Å². The van der Waals surface area contributed by atoms with Crippen LogP contribution in [0.25, 0.3) is 0 Å². The molecular formula is C23H27N3O8. The molecule has 0 unspecified atom stereocenters. The third-order valence-electron chi connectivity index (χ3n) is 5.00. The number of rotatable bonds is 12. The highest BCUT2D eigenvalue weighted by molar-refractivity contribution is 5.92. The summed E-state index contributed by atoms with van der Waals surface area (Å²) < 4.78 is 0. The van der Waals surface area contributed by atoms with Gasteiger partial charge in [-0.3, -0.25) is 14.4 Å². The van der Waals surface area contributed by atoms with Crippen LogP contribution < -0.4 is 16.4 Å². The van der Waals surface area contributed by atoms with Gasteiger partial charge in [0.25, 0.3) is 0 Å². The zero-order valence-electron chi connectivity index (χ0n) is 18.2. The Morgan fingerprint density at radius 2 is 1.21 bits per heavy atom. The van der Waals surface area contributed by atoms with Crippen molar-refractivity contribution in [2.24, 2.45) is 5.73 Å². The lowest BCUT2D eigenvalue weighted by atomic mass is 10.0. The van der Waals surface area contributed by atoms with Gasteiger partial charge in [-0.1, -0.05) is 24.3 Å². The number of nitrogens with two attached hydrogens (primary N) is 1. The first kappa shape index (κ1) is 26.1. The second-order valence-corrected chi connectivity index (χ2v) is 7.74. The summed E-state index contributed by atoms with van der Waals surface area (Å²) in [6, 6.07) is 8.25. The molecule has 2 amide bonds. The molecule has 0 aliphatic carbocycles. The zero-order valence-corrected chi connectivity index (χ0v) is 18.2. The number of amides is 2. The lowest BCUT2D eigenvalue weighted by Gasteiger charge is -2.23. The Morgan fingerprint density at radius 3 is 1.68 bits per heavy atom. The molecule has 2 aromatic rings. The van der Waals surface area contributed by atoms with Crippen molar-refractivity contribution in [3.05, 3.63) is 59.7 Å². The molecule has 0 saturated carbocycles. The Hall–Kier alpha value is -4.12. The van der Waals surface area contributed by atoms with Crippen LogP contribution in [0.2, 0.25) is 0 Å². The molecule has 0 heterocycles. The topological polar surface area (TPSA) is 199 Å². The summed E-state index contributed by atoms with van der Waals surface area (Å²) in [6.45, 7) is 0. The fraction of sp³-hybridized carbons (Fsp3) is 0.304. The molecule has 8 N–H and O–H groups in total. The molecule has 2 rings (SSSR count). The predicted molar refractivity (Wildman–Crippen MR) is 120 cm³/mol. The smallest absolute Gasteiger partial charge is 0.326 e. The lowest BCUT2D eigenvalue weighted by Crippen LogP contribution is -2.55. The van der Waals surface area contributed by atoms with Gasteiger partial charge in [0.05, 0.1) is 6.04 Å². The number of carboxylic acid groups (broad SMARTS) is 2. The number of nitrogens with one attached hydrogen (secondary N) is 2. The van der Waals surface area contributed by atoms with Crippen LogP contribution in [0.1, 0.15) is 24.0 Å². The van der Waals surface area contributed by atoms with E-state index in [0.717, 1.165) is 0 Å². The Bertz CT molecular complexity index is 1010. The van der Waals surface area contributed by atoms with Crippen LogP contribution >= 0.6 is 0 Å². The van der Waals surface area contributed by atoms with Gasteiger partial charge in [0.1, 0.15) is 23.6 Å². The monoisotopic (exact) mass is 473 g/mol. The molecule has 11 heteroatoms. The fourth-order valence-electron chi connectivity index (χ4n) is 3.13. The van der Waals surface area contributed by atoms with Gasteiger partial charge in [0.15, 0.2) is 0 Å². The van der Waals surface area contributed by atoms with Crippen LogP contribution in [0.5, 0.6) is 11.5 Å². The second-order valence-electron chi connectivity index (χ2n) is 7.74. The Balaban J connectivity index is 2.14. The highest BCUT2D eigenvalue weighted by atomic mass is 16.4. The van der Waals surface area contributed by atoms with Gasteiger partial charge in [0.2, 0.25) is 11.8 Å². The predicted octanol–water partition coefficient (Wildman–Crippen LogP) is 0.129. The molecule has 0 fully saturated rings. The largest absolute Gasteiger partial charge is 0.508 e. The average molecular weight is 473 g/mol. The van der Waals surface area contributed by atoms with Gasteiger partial charge in [-0.15, -0.1) is 0 Å². The van der Waals surface area contributed by atoms with Crippen LogP contribution in [-0.4, -0.2) is 62.3 Å². The quantitative estimate of drug-likeness (QED) is 0.224. The first-order chi connectivity index (χ1) is 16.0. The molecule has 0 spiro atoms. The summed E-state index contributed by atoms with van der Waals surface area (Å²) in [5.41, 5.74) is 7.23. The Labute approximate surface area is 195 Å². The van der Waals surface area contributed by atoms with Gasteiger partial charge in [-0.25, -0.2) is 4.79 Å². The van der Waals surface area contributed by atoms with Crippen molar-refractivity contribution < 1.29 is 39.6 Å². The number of aliphatic carboxylic acids is 2. The number of carboxylic acids is 2. The van der Waals surface area contributed by atoms with E-state index < -0.39 is 48.3 Å². The molecule has 182 valence electrons. The maximum Gasteiger partial charge on any atom is 0.326 e. The van der Waals surface area contributed by atoms with Crippen LogP contribution in [-0.2, 0) is 32.0 Å². The number of benzene rings is 2. The van der Waals surface area contributed by atoms with E-state index in [2.05, 4.69) is 10.6 Å². The molecule has 0 bridgehead atoms. The minimum absolute atomic E-state index is 0.00400. The summed E-state index contributed by atoms with van der Waals surface area (Å²) >= 11 is 0. The average Bonchev–Trinajstić information content (AvgIpc) is 2.78. The van der Waals surface area contributed by atoms with Gasteiger partial charge in [0, 0.05) is 12.8 Å². The van der Waals surface area contributed by atoms with E-state index in [-0.39, 0.29) is 30.8 Å². The van der Waals surface area contributed by atoms with E-state index in [1.165, 1.54) is 36.4 Å². The van der Waals surface area contributed by atoms with Gasteiger partial charge in [-0.2, -0.15) is 0 Å². The molecule has 0 aliphatic heterocycles. The van der Waals surface area contributed by atoms with E-state index in [4.69, 9.17) is 10.8 Å². The maximum atomic E-state index is 12.9. The number of phenolic OH excluding ortho intramolecular Hbond substituents is 2. The molecule has 2 aromatic carbocycles. The highest BCUT2D eigenvalue weighted by Crippen LogP contribution is 2.13. The molecule has 0 saturated heterocycles. The zero-order chi connectivity index (χ0) is 25.3. The summed E-state index contributed by atoms with van der Waals surface area (Å²) in [7, 11) is 0. The normalized spacial score (nSPS) is 13.3. The van der Waals surface area contributed by atoms with E-state index in [0.29, 0.717) is 11.1 Å². The maximum absolute atomic E-state index is 12.9. The number of aromatic hydroxyl groups is 2. The second kappa shape index (κ2) is 12.2. The molecule has 34 heavy (non-hydrogen) atoms. The van der Waals surface area contributed by atoms with Crippen LogP contribution in [0.15, 0.2) is 48.5 Å². The van der Waals surface area contributed by atoms with E-state index in [9.17, 15) is 34.5 Å². The first-order valence-electron chi connectivity index (χ1n) is 10.4. The molecule has 0 radical (unpaired) electrons. The van der Waals surface area contributed by atoms with Crippen LogP contribution in [0, 0.1) is 0 Å². The molecule has 3 atom stereocenters. The van der Waals surface area contributed by atoms with Gasteiger partial charge >= 0.3 is 11.9 Å². The SMILES string of the molecule is N[C@@H](Cc1ccc(O)cc1)C(=O)N[C@@H](Cc1ccc(O)cc1)C(=O)N[C@@H](CCC(=O)O)C(=O)O. The minimum Gasteiger partial charge on any atom is -0.508 e. The van der Waals surface area contributed by atoms with Crippen molar-refractivity contribution in [2.45, 2.75) is 43.8 Å². The Morgan fingerprint density at radius 1 is 0.735 bits per heavy atom. The van der Waals surface area contributed by atoms with E-state index in [1.807, 2.05) is 0 Å².